The molecule has 136 valence electrons. The van der Waals surface area contributed by atoms with E-state index in [4.69, 9.17) is 0 Å². The molecule has 8 heteroatoms. The standard InChI is InChI=1S/C18H20Br2N6/c1-13-11-26(24-22-18-10-6-4-8-16(18)20)14(2)12-25(13)23-21-17-9-5-3-7-15(17)19/h3-10,13-14H,11-12H2,1-2H3/t13-,14+. The van der Waals surface area contributed by atoms with E-state index in [1.807, 2.05) is 58.5 Å². The van der Waals surface area contributed by atoms with Crippen molar-refractivity contribution in [3.05, 3.63) is 57.5 Å². The zero-order valence-electron chi connectivity index (χ0n) is 14.6. The molecule has 0 aliphatic carbocycles. The van der Waals surface area contributed by atoms with Gasteiger partial charge in [0, 0.05) is 8.95 Å². The molecule has 2 atom stereocenters. The summed E-state index contributed by atoms with van der Waals surface area (Å²) in [5.41, 5.74) is 1.65. The Morgan fingerprint density at radius 2 is 1.12 bits per heavy atom. The summed E-state index contributed by atoms with van der Waals surface area (Å²) in [5, 5.41) is 21.6. The molecule has 6 nitrogen and oxygen atoms in total. The fraction of sp³-hybridized carbons (Fsp3) is 0.333. The number of nitrogens with zero attached hydrogens (tertiary/aromatic N) is 6. The van der Waals surface area contributed by atoms with Crippen LogP contribution in [0.5, 0.6) is 0 Å². The summed E-state index contributed by atoms with van der Waals surface area (Å²) in [7, 11) is 0. The normalized spacial score (nSPS) is 21.1. The van der Waals surface area contributed by atoms with E-state index < -0.39 is 0 Å². The lowest BCUT2D eigenvalue weighted by Gasteiger charge is -2.39. The first kappa shape index (κ1) is 19.0. The molecular weight excluding hydrogens is 460 g/mol. The third-order valence-corrected chi connectivity index (χ3v) is 5.50. The fourth-order valence-electron chi connectivity index (χ4n) is 2.62. The summed E-state index contributed by atoms with van der Waals surface area (Å²) >= 11 is 6.99. The molecule has 0 spiro atoms. The molecule has 0 aromatic heterocycles. The van der Waals surface area contributed by atoms with Gasteiger partial charge in [-0.2, -0.15) is 0 Å². The van der Waals surface area contributed by atoms with Crippen LogP contribution in [0.4, 0.5) is 11.4 Å². The molecule has 0 unspecified atom stereocenters. The number of piperazine rings is 1. The number of hydrogen-bond acceptors (Lipinski definition) is 4. The summed E-state index contributed by atoms with van der Waals surface area (Å²) in [4.78, 5) is 0. The highest BCUT2D eigenvalue weighted by Crippen LogP contribution is 2.27. The van der Waals surface area contributed by atoms with Gasteiger partial charge in [-0.1, -0.05) is 34.7 Å². The highest BCUT2D eigenvalue weighted by atomic mass is 79.9. The molecule has 1 aliphatic rings. The van der Waals surface area contributed by atoms with Crippen LogP contribution in [0, 0.1) is 0 Å². The molecule has 1 aliphatic heterocycles. The summed E-state index contributed by atoms with van der Waals surface area (Å²) in [6.07, 6.45) is 0. The van der Waals surface area contributed by atoms with E-state index in [1.54, 1.807) is 0 Å². The quantitative estimate of drug-likeness (QED) is 0.482. The second kappa shape index (κ2) is 8.73. The Labute approximate surface area is 170 Å². The first-order chi connectivity index (χ1) is 12.5. The molecular formula is C18H20Br2N6. The van der Waals surface area contributed by atoms with Crippen LogP contribution in [-0.4, -0.2) is 35.2 Å². The second-order valence-corrected chi connectivity index (χ2v) is 7.93. The second-order valence-electron chi connectivity index (χ2n) is 6.22. The highest BCUT2D eigenvalue weighted by Gasteiger charge is 2.28. The van der Waals surface area contributed by atoms with Crippen LogP contribution >= 0.6 is 31.9 Å². The Hall–Kier alpha value is -1.80. The van der Waals surface area contributed by atoms with E-state index >= 15 is 0 Å². The lowest BCUT2D eigenvalue weighted by atomic mass is 10.2. The van der Waals surface area contributed by atoms with E-state index in [-0.39, 0.29) is 12.1 Å². The van der Waals surface area contributed by atoms with Crippen molar-refractivity contribution >= 4 is 43.2 Å². The zero-order valence-corrected chi connectivity index (χ0v) is 17.8. The maximum absolute atomic E-state index is 4.43. The number of rotatable bonds is 4. The van der Waals surface area contributed by atoms with Gasteiger partial charge in [0.05, 0.1) is 25.2 Å². The predicted octanol–water partition coefficient (Wildman–Crippen LogP) is 6.30. The van der Waals surface area contributed by atoms with E-state index in [1.165, 1.54) is 0 Å². The van der Waals surface area contributed by atoms with Gasteiger partial charge in [0.2, 0.25) is 0 Å². The van der Waals surface area contributed by atoms with Crippen LogP contribution in [0.2, 0.25) is 0 Å². The molecule has 2 aromatic carbocycles. The minimum atomic E-state index is 0.190. The van der Waals surface area contributed by atoms with Crippen molar-refractivity contribution in [1.82, 2.24) is 10.0 Å². The largest absolute Gasteiger partial charge is 0.272 e. The first-order valence-electron chi connectivity index (χ1n) is 8.40. The summed E-state index contributed by atoms with van der Waals surface area (Å²) in [5.74, 6) is 0. The van der Waals surface area contributed by atoms with Gasteiger partial charge in [0.1, 0.15) is 11.4 Å². The van der Waals surface area contributed by atoms with Crippen LogP contribution < -0.4 is 0 Å². The predicted molar refractivity (Wildman–Crippen MR) is 110 cm³/mol. The van der Waals surface area contributed by atoms with E-state index in [0.717, 1.165) is 33.4 Å². The molecule has 0 amide bonds. The van der Waals surface area contributed by atoms with Gasteiger partial charge in [0.25, 0.3) is 0 Å². The molecule has 0 saturated carbocycles. The Bertz CT molecular complexity index is 742. The van der Waals surface area contributed by atoms with E-state index in [0.29, 0.717) is 0 Å². The molecule has 3 rings (SSSR count). The minimum absolute atomic E-state index is 0.190. The zero-order chi connectivity index (χ0) is 18.5. The van der Waals surface area contributed by atoms with Gasteiger partial charge in [-0.15, -0.1) is 10.2 Å². The topological polar surface area (TPSA) is 55.9 Å². The van der Waals surface area contributed by atoms with Crippen molar-refractivity contribution in [1.29, 1.82) is 0 Å². The van der Waals surface area contributed by atoms with Crippen molar-refractivity contribution in [3.8, 4) is 0 Å². The Balaban J connectivity index is 1.66. The molecule has 0 radical (unpaired) electrons. The Morgan fingerprint density at radius 3 is 1.50 bits per heavy atom. The SMILES string of the molecule is C[C@@H]1CN(N=Nc2ccccc2Br)[C@@H](C)CN1N=Nc1ccccc1Br. The Morgan fingerprint density at radius 1 is 0.731 bits per heavy atom. The fourth-order valence-corrected chi connectivity index (χ4v) is 3.34. The maximum atomic E-state index is 4.43. The van der Waals surface area contributed by atoms with Gasteiger partial charge in [0.15, 0.2) is 0 Å². The number of halogens is 2. The van der Waals surface area contributed by atoms with Gasteiger partial charge < -0.3 is 0 Å². The smallest absolute Gasteiger partial charge is 0.102 e. The molecule has 1 heterocycles. The summed E-state index contributed by atoms with van der Waals surface area (Å²) in [6.45, 7) is 5.71. The summed E-state index contributed by atoms with van der Waals surface area (Å²) in [6, 6.07) is 16.0. The molecule has 1 saturated heterocycles. The molecule has 26 heavy (non-hydrogen) atoms. The van der Waals surface area contributed by atoms with E-state index in [2.05, 4.69) is 66.4 Å². The van der Waals surface area contributed by atoms with Crippen LogP contribution in [0.25, 0.3) is 0 Å². The molecule has 1 fully saturated rings. The average molecular weight is 480 g/mol. The molecule has 0 bridgehead atoms. The van der Waals surface area contributed by atoms with Gasteiger partial charge in [-0.05, 0) is 70.0 Å². The van der Waals surface area contributed by atoms with Crippen LogP contribution in [0.15, 0.2) is 78.2 Å². The number of hydrogen-bond donors (Lipinski definition) is 0. The van der Waals surface area contributed by atoms with Crippen molar-refractivity contribution in [2.45, 2.75) is 25.9 Å². The third-order valence-electron chi connectivity index (χ3n) is 4.16. The minimum Gasteiger partial charge on any atom is -0.272 e. The number of benzene rings is 2. The highest BCUT2D eigenvalue weighted by molar-refractivity contribution is 9.11. The third kappa shape index (κ3) is 4.67. The van der Waals surface area contributed by atoms with Gasteiger partial charge >= 0.3 is 0 Å². The van der Waals surface area contributed by atoms with Crippen molar-refractivity contribution in [2.24, 2.45) is 20.7 Å². The lowest BCUT2D eigenvalue weighted by molar-refractivity contribution is 0.0359. The summed E-state index contributed by atoms with van der Waals surface area (Å²) < 4.78 is 1.87. The van der Waals surface area contributed by atoms with Crippen molar-refractivity contribution in [3.63, 3.8) is 0 Å². The van der Waals surface area contributed by atoms with Crippen LogP contribution in [-0.2, 0) is 0 Å². The van der Waals surface area contributed by atoms with Crippen molar-refractivity contribution < 1.29 is 0 Å². The molecule has 2 aromatic rings. The maximum Gasteiger partial charge on any atom is 0.102 e. The van der Waals surface area contributed by atoms with Crippen LogP contribution in [0.1, 0.15) is 13.8 Å². The average Bonchev–Trinajstić information content (AvgIpc) is 2.63. The van der Waals surface area contributed by atoms with Gasteiger partial charge in [-0.3, -0.25) is 10.0 Å². The Kier molecular flexibility index (Phi) is 6.37. The molecule has 0 N–H and O–H groups in total. The van der Waals surface area contributed by atoms with E-state index in [9.17, 15) is 0 Å². The lowest BCUT2D eigenvalue weighted by Crippen LogP contribution is -2.52. The first-order valence-corrected chi connectivity index (χ1v) is 9.99. The van der Waals surface area contributed by atoms with Crippen molar-refractivity contribution in [2.75, 3.05) is 13.1 Å². The van der Waals surface area contributed by atoms with Gasteiger partial charge in [-0.25, -0.2) is 0 Å². The van der Waals surface area contributed by atoms with Crippen LogP contribution in [0.3, 0.4) is 0 Å². The monoisotopic (exact) mass is 478 g/mol.